The van der Waals surface area contributed by atoms with Gasteiger partial charge >= 0.3 is 0 Å². The van der Waals surface area contributed by atoms with Crippen LogP contribution in [0.1, 0.15) is 43.8 Å². The Labute approximate surface area is 138 Å². The van der Waals surface area contributed by atoms with Crippen molar-refractivity contribution in [2.45, 2.75) is 51.6 Å². The Bertz CT molecular complexity index is 626. The van der Waals surface area contributed by atoms with Crippen molar-refractivity contribution < 1.29 is 12.9 Å². The highest BCUT2D eigenvalue weighted by Crippen LogP contribution is 2.31. The Morgan fingerprint density at radius 2 is 2.04 bits per heavy atom. The van der Waals surface area contributed by atoms with Gasteiger partial charge in [0.05, 0.1) is 12.3 Å². The van der Waals surface area contributed by atoms with E-state index < -0.39 is 10.0 Å². The molecule has 1 aromatic heterocycles. The third kappa shape index (κ3) is 4.51. The van der Waals surface area contributed by atoms with E-state index in [1.54, 1.807) is 11.2 Å². The number of nitrogens with zero attached hydrogens (tertiary/aromatic N) is 4. The van der Waals surface area contributed by atoms with Gasteiger partial charge in [0, 0.05) is 26.1 Å². The molecule has 8 heteroatoms. The van der Waals surface area contributed by atoms with Gasteiger partial charge in [-0.2, -0.15) is 4.98 Å². The maximum Gasteiger partial charge on any atom is 0.223 e. The summed E-state index contributed by atoms with van der Waals surface area (Å²) in [5.41, 5.74) is 0. The third-order valence-electron chi connectivity index (χ3n) is 4.78. The minimum atomic E-state index is -3.07. The lowest BCUT2D eigenvalue weighted by molar-refractivity contribution is 0.207. The molecule has 1 aromatic rings. The van der Waals surface area contributed by atoms with E-state index in [-0.39, 0.29) is 0 Å². The summed E-state index contributed by atoms with van der Waals surface area (Å²) in [6, 6.07) is 0.356. The summed E-state index contributed by atoms with van der Waals surface area (Å²) >= 11 is 0. The molecule has 1 saturated carbocycles. The zero-order valence-electron chi connectivity index (χ0n) is 13.9. The molecule has 0 spiro atoms. The van der Waals surface area contributed by atoms with Crippen LogP contribution in [0.25, 0.3) is 0 Å². The smallest absolute Gasteiger partial charge is 0.223 e. The summed E-state index contributed by atoms with van der Waals surface area (Å²) in [7, 11) is -1.03. The quantitative estimate of drug-likeness (QED) is 0.777. The van der Waals surface area contributed by atoms with Gasteiger partial charge in [-0.1, -0.05) is 5.16 Å². The van der Waals surface area contributed by atoms with Crippen molar-refractivity contribution in [3.8, 4) is 0 Å². The van der Waals surface area contributed by atoms with Crippen molar-refractivity contribution in [1.29, 1.82) is 0 Å². The van der Waals surface area contributed by atoms with Gasteiger partial charge in [0.25, 0.3) is 0 Å². The second-order valence-electron chi connectivity index (χ2n) is 6.85. The molecule has 2 aliphatic rings. The molecule has 0 radical (unpaired) electrons. The first kappa shape index (κ1) is 16.9. The fraction of sp³-hybridized carbons (Fsp3) is 0.867. The summed E-state index contributed by atoms with van der Waals surface area (Å²) < 4.78 is 31.6. The first-order valence-electron chi connectivity index (χ1n) is 8.41. The number of sulfonamides is 1. The highest BCUT2D eigenvalue weighted by Gasteiger charge is 2.33. The Balaban J connectivity index is 1.55. The zero-order valence-corrected chi connectivity index (χ0v) is 14.8. The van der Waals surface area contributed by atoms with E-state index in [0.29, 0.717) is 49.1 Å². The van der Waals surface area contributed by atoms with Crippen molar-refractivity contribution in [3.63, 3.8) is 0 Å². The van der Waals surface area contributed by atoms with Crippen molar-refractivity contribution in [2.24, 2.45) is 5.92 Å². The van der Waals surface area contributed by atoms with E-state index in [0.717, 1.165) is 32.1 Å². The van der Waals surface area contributed by atoms with Gasteiger partial charge in [0.2, 0.25) is 15.9 Å². The molecule has 7 nitrogen and oxygen atoms in total. The van der Waals surface area contributed by atoms with E-state index >= 15 is 0 Å². The number of aryl methyl sites for hydroxylation is 1. The molecule has 23 heavy (non-hydrogen) atoms. The lowest BCUT2D eigenvalue weighted by Crippen LogP contribution is -2.36. The molecule has 0 amide bonds. The fourth-order valence-electron chi connectivity index (χ4n) is 3.22. The van der Waals surface area contributed by atoms with E-state index in [9.17, 15) is 8.42 Å². The lowest BCUT2D eigenvalue weighted by atomic mass is 10.1. The normalized spacial score (nSPS) is 24.0. The third-order valence-corrected chi connectivity index (χ3v) is 6.82. The predicted molar refractivity (Wildman–Crippen MR) is 86.2 cm³/mol. The molecular weight excluding hydrogens is 316 g/mol. The Morgan fingerprint density at radius 1 is 1.26 bits per heavy atom. The molecule has 0 bridgehead atoms. The highest BCUT2D eigenvalue weighted by atomic mass is 32.2. The largest absolute Gasteiger partial charge is 0.340 e. The molecule has 130 valence electrons. The minimum Gasteiger partial charge on any atom is -0.340 e. The number of aromatic nitrogens is 2. The average molecular weight is 342 g/mol. The molecule has 0 unspecified atom stereocenters. The maximum atomic E-state index is 12.4. The van der Waals surface area contributed by atoms with Gasteiger partial charge in [-0.25, -0.2) is 12.7 Å². The first-order valence-corrected chi connectivity index (χ1v) is 10.0. The molecule has 1 atom stereocenters. The van der Waals surface area contributed by atoms with Crippen LogP contribution in [0.5, 0.6) is 0 Å². The number of hydrogen-bond donors (Lipinski definition) is 0. The van der Waals surface area contributed by atoms with Crippen LogP contribution >= 0.6 is 0 Å². The minimum absolute atomic E-state index is 0.343. The molecule has 0 N–H and O–H groups in total. The van der Waals surface area contributed by atoms with Crippen LogP contribution in [0.15, 0.2) is 4.52 Å². The van der Waals surface area contributed by atoms with E-state index in [1.807, 2.05) is 7.05 Å². The van der Waals surface area contributed by atoms with Crippen LogP contribution in [0.2, 0.25) is 0 Å². The van der Waals surface area contributed by atoms with Gasteiger partial charge < -0.3 is 4.52 Å². The summed E-state index contributed by atoms with van der Waals surface area (Å²) in [6.45, 7) is 3.69. The maximum absolute atomic E-state index is 12.4. The molecule has 2 heterocycles. The van der Waals surface area contributed by atoms with E-state index in [1.165, 1.54) is 0 Å². The Hall–Kier alpha value is -0.990. The number of hydrogen-bond acceptors (Lipinski definition) is 6. The topological polar surface area (TPSA) is 79.5 Å². The first-order chi connectivity index (χ1) is 10.9. The van der Waals surface area contributed by atoms with Gasteiger partial charge in [-0.05, 0) is 45.1 Å². The molecule has 1 aliphatic heterocycles. The molecule has 2 fully saturated rings. The van der Waals surface area contributed by atoms with Crippen LogP contribution in [0, 0.1) is 12.8 Å². The second-order valence-corrected chi connectivity index (χ2v) is 8.86. The molecule has 1 aliphatic carbocycles. The Morgan fingerprint density at radius 3 is 2.70 bits per heavy atom. The van der Waals surface area contributed by atoms with Crippen molar-refractivity contribution >= 4 is 10.0 Å². The van der Waals surface area contributed by atoms with Crippen LogP contribution in [0.4, 0.5) is 0 Å². The van der Waals surface area contributed by atoms with Crippen molar-refractivity contribution in [1.82, 2.24) is 19.3 Å². The van der Waals surface area contributed by atoms with Gasteiger partial charge in [-0.3, -0.25) is 4.90 Å². The van der Waals surface area contributed by atoms with Crippen LogP contribution in [-0.2, 0) is 16.6 Å². The molecular formula is C15H26N4O3S. The fourth-order valence-corrected chi connectivity index (χ4v) is 5.15. The van der Waals surface area contributed by atoms with Crippen LogP contribution < -0.4 is 0 Å². The van der Waals surface area contributed by atoms with Crippen molar-refractivity contribution in [3.05, 3.63) is 11.7 Å². The standard InChI is InChI=1S/C15H26N4O3S/c1-12-16-15(17-22-12)10-18(2)14-4-3-8-19(9-7-14)23(20,21)11-13-5-6-13/h13-14H,3-11H2,1-2H3/t14-/m0/s1. The van der Waals surface area contributed by atoms with Crippen LogP contribution in [-0.4, -0.2) is 59.7 Å². The second kappa shape index (κ2) is 6.86. The lowest BCUT2D eigenvalue weighted by Gasteiger charge is -2.26. The monoisotopic (exact) mass is 342 g/mol. The predicted octanol–water partition coefficient (Wildman–Crippen LogP) is 1.40. The SMILES string of the molecule is Cc1nc(CN(C)[C@H]2CCCN(S(=O)(=O)CC3CC3)CC2)no1. The molecule has 0 aromatic carbocycles. The van der Waals surface area contributed by atoms with Gasteiger partial charge in [0.15, 0.2) is 5.82 Å². The van der Waals surface area contributed by atoms with Gasteiger partial charge in [0.1, 0.15) is 0 Å². The highest BCUT2D eigenvalue weighted by molar-refractivity contribution is 7.89. The summed E-state index contributed by atoms with van der Waals surface area (Å²) in [5, 5.41) is 3.93. The van der Waals surface area contributed by atoms with Gasteiger partial charge in [-0.15, -0.1) is 0 Å². The molecule has 1 saturated heterocycles. The number of rotatable bonds is 6. The summed E-state index contributed by atoms with van der Waals surface area (Å²) in [4.78, 5) is 6.45. The molecule has 3 rings (SSSR count). The average Bonchev–Trinajstić information content (AvgIpc) is 3.24. The zero-order chi connectivity index (χ0) is 16.4. The Kier molecular flexibility index (Phi) is 5.03. The van der Waals surface area contributed by atoms with Crippen LogP contribution in [0.3, 0.4) is 0 Å². The summed E-state index contributed by atoms with van der Waals surface area (Å²) in [6.07, 6.45) is 4.91. The van der Waals surface area contributed by atoms with E-state index in [2.05, 4.69) is 15.0 Å². The summed E-state index contributed by atoms with van der Waals surface area (Å²) in [5.74, 6) is 2.01. The van der Waals surface area contributed by atoms with E-state index in [4.69, 9.17) is 4.52 Å². The van der Waals surface area contributed by atoms with Crippen molar-refractivity contribution in [2.75, 3.05) is 25.9 Å².